The monoisotopic (exact) mass is 312 g/mol. The van der Waals surface area contributed by atoms with E-state index in [1.807, 2.05) is 30.3 Å². The topological polar surface area (TPSA) is 62.6 Å². The molecule has 0 aliphatic heterocycles. The Hall–Kier alpha value is -2.56. The van der Waals surface area contributed by atoms with Gasteiger partial charge >= 0.3 is 0 Å². The van der Waals surface area contributed by atoms with Crippen LogP contribution < -0.4 is 5.32 Å². The van der Waals surface area contributed by atoms with E-state index in [9.17, 15) is 9.59 Å². The van der Waals surface area contributed by atoms with Crippen LogP contribution in [0.4, 0.5) is 0 Å². The van der Waals surface area contributed by atoms with E-state index < -0.39 is 0 Å². The number of rotatable bonds is 7. The fourth-order valence-corrected chi connectivity index (χ4v) is 2.50. The van der Waals surface area contributed by atoms with Crippen molar-refractivity contribution in [2.24, 2.45) is 0 Å². The van der Waals surface area contributed by atoms with Crippen LogP contribution in [-0.4, -0.2) is 29.3 Å². The Morgan fingerprint density at radius 1 is 1.17 bits per heavy atom. The molecule has 1 N–H and O–H groups in total. The first-order valence-electron chi connectivity index (χ1n) is 7.88. The number of hydrogen-bond acceptors (Lipinski definition) is 3. The van der Waals surface area contributed by atoms with Crippen molar-refractivity contribution in [1.82, 2.24) is 10.2 Å². The Morgan fingerprint density at radius 3 is 2.61 bits per heavy atom. The first-order valence-corrected chi connectivity index (χ1v) is 7.88. The van der Waals surface area contributed by atoms with Gasteiger partial charge < -0.3 is 14.6 Å². The van der Waals surface area contributed by atoms with Crippen molar-refractivity contribution in [1.29, 1.82) is 0 Å². The Labute approximate surface area is 135 Å². The highest BCUT2D eigenvalue weighted by atomic mass is 16.3. The third-order valence-electron chi connectivity index (χ3n) is 3.93. The molecule has 0 radical (unpaired) electrons. The Balaban J connectivity index is 1.49. The first-order chi connectivity index (χ1) is 11.2. The molecule has 0 bridgehead atoms. The average Bonchev–Trinajstić information content (AvgIpc) is 3.26. The normalized spacial score (nSPS) is 13.6. The second-order valence-electron chi connectivity index (χ2n) is 5.75. The van der Waals surface area contributed by atoms with Gasteiger partial charge in [-0.25, -0.2) is 0 Å². The second-order valence-corrected chi connectivity index (χ2v) is 5.75. The SMILES string of the molecule is O=C(CCN(C(=O)c1ccoc1)C1CC1)NCc1ccccc1. The maximum absolute atomic E-state index is 12.4. The Bertz CT molecular complexity index is 648. The highest BCUT2D eigenvalue weighted by Gasteiger charge is 2.33. The molecule has 0 atom stereocenters. The smallest absolute Gasteiger partial charge is 0.257 e. The van der Waals surface area contributed by atoms with Crippen LogP contribution in [0.25, 0.3) is 0 Å². The minimum atomic E-state index is -0.0582. The molecule has 1 aliphatic rings. The Morgan fingerprint density at radius 2 is 1.96 bits per heavy atom. The second kappa shape index (κ2) is 7.13. The number of carbonyl (C=O) groups excluding carboxylic acids is 2. The fraction of sp³-hybridized carbons (Fsp3) is 0.333. The van der Waals surface area contributed by atoms with Crippen LogP contribution >= 0.6 is 0 Å². The number of carbonyl (C=O) groups is 2. The molecule has 0 unspecified atom stereocenters. The van der Waals surface area contributed by atoms with Gasteiger partial charge in [0.25, 0.3) is 5.91 Å². The van der Waals surface area contributed by atoms with Gasteiger partial charge in [0.05, 0.1) is 11.8 Å². The van der Waals surface area contributed by atoms with E-state index >= 15 is 0 Å². The highest BCUT2D eigenvalue weighted by molar-refractivity contribution is 5.94. The van der Waals surface area contributed by atoms with E-state index in [2.05, 4.69) is 5.32 Å². The molecule has 23 heavy (non-hydrogen) atoms. The molecule has 0 saturated heterocycles. The summed E-state index contributed by atoms with van der Waals surface area (Å²) in [6.07, 6.45) is 5.27. The number of hydrogen-bond donors (Lipinski definition) is 1. The molecule has 5 nitrogen and oxygen atoms in total. The number of nitrogens with one attached hydrogen (secondary N) is 1. The van der Waals surface area contributed by atoms with E-state index in [0.717, 1.165) is 18.4 Å². The van der Waals surface area contributed by atoms with Crippen LogP contribution in [0.3, 0.4) is 0 Å². The largest absolute Gasteiger partial charge is 0.472 e. The average molecular weight is 312 g/mol. The van der Waals surface area contributed by atoms with Crippen molar-refractivity contribution >= 4 is 11.8 Å². The van der Waals surface area contributed by atoms with E-state index in [0.29, 0.717) is 25.1 Å². The van der Waals surface area contributed by atoms with Crippen LogP contribution in [0.2, 0.25) is 0 Å². The highest BCUT2D eigenvalue weighted by Crippen LogP contribution is 2.28. The third kappa shape index (κ3) is 4.22. The van der Waals surface area contributed by atoms with Gasteiger partial charge in [0.2, 0.25) is 5.91 Å². The molecule has 3 rings (SSSR count). The number of nitrogens with zero attached hydrogens (tertiary/aromatic N) is 1. The quantitative estimate of drug-likeness (QED) is 0.855. The minimum absolute atomic E-state index is 0.0421. The summed E-state index contributed by atoms with van der Waals surface area (Å²) in [4.78, 5) is 26.2. The molecule has 1 saturated carbocycles. The van der Waals surface area contributed by atoms with E-state index in [1.54, 1.807) is 11.0 Å². The van der Waals surface area contributed by atoms with Gasteiger partial charge in [-0.3, -0.25) is 9.59 Å². The van der Waals surface area contributed by atoms with Crippen LogP contribution in [-0.2, 0) is 11.3 Å². The molecule has 1 aromatic carbocycles. The number of amides is 2. The fourth-order valence-electron chi connectivity index (χ4n) is 2.50. The molecular formula is C18H20N2O3. The summed E-state index contributed by atoms with van der Waals surface area (Å²) in [5.41, 5.74) is 1.61. The summed E-state index contributed by atoms with van der Waals surface area (Å²) in [6.45, 7) is 0.952. The van der Waals surface area contributed by atoms with Crippen molar-refractivity contribution in [3.05, 3.63) is 60.1 Å². The summed E-state index contributed by atoms with van der Waals surface area (Å²) in [5, 5.41) is 2.89. The number of benzene rings is 1. The van der Waals surface area contributed by atoms with Crippen molar-refractivity contribution in [2.75, 3.05) is 6.54 Å². The molecular weight excluding hydrogens is 292 g/mol. The molecule has 120 valence electrons. The van der Waals surface area contributed by atoms with Crippen LogP contribution in [0.5, 0.6) is 0 Å². The van der Waals surface area contributed by atoms with Gasteiger partial charge in [0, 0.05) is 25.6 Å². The first kappa shape index (κ1) is 15.3. The van der Waals surface area contributed by atoms with E-state index in [4.69, 9.17) is 4.42 Å². The van der Waals surface area contributed by atoms with Crippen molar-refractivity contribution in [2.45, 2.75) is 31.8 Å². The van der Waals surface area contributed by atoms with E-state index in [1.165, 1.54) is 12.5 Å². The van der Waals surface area contributed by atoms with Crippen molar-refractivity contribution < 1.29 is 14.0 Å². The van der Waals surface area contributed by atoms with E-state index in [-0.39, 0.29) is 17.9 Å². The Kier molecular flexibility index (Phi) is 4.76. The zero-order chi connectivity index (χ0) is 16.1. The molecule has 1 aliphatic carbocycles. The molecule has 1 heterocycles. The van der Waals surface area contributed by atoms with Gasteiger partial charge in [-0.15, -0.1) is 0 Å². The molecule has 5 heteroatoms. The molecule has 1 fully saturated rings. The lowest BCUT2D eigenvalue weighted by molar-refractivity contribution is -0.121. The summed E-state index contributed by atoms with van der Waals surface area (Å²) < 4.78 is 4.97. The lowest BCUT2D eigenvalue weighted by atomic mass is 10.2. The molecule has 0 spiro atoms. The van der Waals surface area contributed by atoms with Crippen molar-refractivity contribution in [3.8, 4) is 0 Å². The van der Waals surface area contributed by atoms with Gasteiger partial charge in [-0.1, -0.05) is 30.3 Å². The standard InChI is InChI=1S/C18H20N2O3/c21-17(19-12-14-4-2-1-3-5-14)8-10-20(16-6-7-16)18(22)15-9-11-23-13-15/h1-5,9,11,13,16H,6-8,10,12H2,(H,19,21). The van der Waals surface area contributed by atoms with Crippen LogP contribution in [0.15, 0.2) is 53.3 Å². The predicted octanol–water partition coefficient (Wildman–Crippen LogP) is 2.59. The van der Waals surface area contributed by atoms with Crippen LogP contribution in [0, 0.1) is 0 Å². The summed E-state index contributed by atoms with van der Waals surface area (Å²) >= 11 is 0. The lowest BCUT2D eigenvalue weighted by Gasteiger charge is -2.21. The predicted molar refractivity (Wildman–Crippen MR) is 85.7 cm³/mol. The maximum atomic E-state index is 12.4. The van der Waals surface area contributed by atoms with Crippen molar-refractivity contribution in [3.63, 3.8) is 0 Å². The van der Waals surface area contributed by atoms with Gasteiger partial charge in [0.15, 0.2) is 0 Å². The maximum Gasteiger partial charge on any atom is 0.257 e. The minimum Gasteiger partial charge on any atom is -0.472 e. The lowest BCUT2D eigenvalue weighted by Crippen LogP contribution is -2.36. The van der Waals surface area contributed by atoms with Gasteiger partial charge in [-0.05, 0) is 24.5 Å². The summed E-state index contributed by atoms with van der Waals surface area (Å²) in [5.74, 6) is -0.100. The molecule has 2 aromatic rings. The van der Waals surface area contributed by atoms with Gasteiger partial charge in [-0.2, -0.15) is 0 Å². The summed E-state index contributed by atoms with van der Waals surface area (Å²) in [7, 11) is 0. The number of furan rings is 1. The molecule has 2 amide bonds. The third-order valence-corrected chi connectivity index (χ3v) is 3.93. The van der Waals surface area contributed by atoms with Gasteiger partial charge in [0.1, 0.15) is 6.26 Å². The van der Waals surface area contributed by atoms with Crippen LogP contribution in [0.1, 0.15) is 35.2 Å². The zero-order valence-electron chi connectivity index (χ0n) is 12.9. The summed E-state index contributed by atoms with van der Waals surface area (Å²) in [6, 6.07) is 11.7. The molecule has 1 aromatic heterocycles. The zero-order valence-corrected chi connectivity index (χ0v) is 12.9.